The van der Waals surface area contributed by atoms with Crippen LogP contribution in [0.15, 0.2) is 17.0 Å². The first kappa shape index (κ1) is 15.4. The standard InChI is InChI=1S/C11H17N3O4S/c1-6-3-8(12)4-10(7(6)2)19(17,18)14-5-9(15)11(13)16/h3-4,9,14-15H,5,12H2,1-2H3,(H2,13,16). The Labute approximate surface area is 111 Å². The van der Waals surface area contributed by atoms with Crippen LogP contribution in [0.4, 0.5) is 5.69 Å². The Morgan fingerprint density at radius 3 is 2.53 bits per heavy atom. The number of rotatable bonds is 5. The molecule has 8 heteroatoms. The highest BCUT2D eigenvalue weighted by Gasteiger charge is 2.21. The molecule has 0 spiro atoms. The van der Waals surface area contributed by atoms with Crippen molar-refractivity contribution in [3.63, 3.8) is 0 Å². The zero-order valence-corrected chi connectivity index (χ0v) is 11.5. The molecule has 0 aromatic heterocycles. The first-order valence-corrected chi connectivity index (χ1v) is 6.97. The molecule has 1 aromatic rings. The third-order valence-electron chi connectivity index (χ3n) is 2.73. The van der Waals surface area contributed by atoms with Crippen molar-refractivity contribution in [1.29, 1.82) is 0 Å². The smallest absolute Gasteiger partial charge is 0.247 e. The van der Waals surface area contributed by atoms with Gasteiger partial charge in [0.15, 0.2) is 0 Å². The first-order chi connectivity index (χ1) is 8.65. The molecule has 1 unspecified atom stereocenters. The molecule has 0 heterocycles. The van der Waals surface area contributed by atoms with E-state index in [0.29, 0.717) is 11.3 Å². The molecule has 1 rings (SSSR count). The number of hydrogen-bond donors (Lipinski definition) is 4. The second kappa shape index (κ2) is 5.55. The van der Waals surface area contributed by atoms with E-state index in [-0.39, 0.29) is 4.90 Å². The van der Waals surface area contributed by atoms with Gasteiger partial charge in [-0.1, -0.05) is 0 Å². The van der Waals surface area contributed by atoms with Crippen LogP contribution in [0.5, 0.6) is 0 Å². The zero-order valence-electron chi connectivity index (χ0n) is 10.7. The summed E-state index contributed by atoms with van der Waals surface area (Å²) in [7, 11) is -3.86. The molecule has 1 atom stereocenters. The van der Waals surface area contributed by atoms with Crippen molar-refractivity contribution in [3.8, 4) is 0 Å². The normalized spacial score (nSPS) is 13.2. The molecule has 0 fully saturated rings. The number of aliphatic hydroxyl groups is 1. The van der Waals surface area contributed by atoms with E-state index < -0.39 is 28.6 Å². The molecule has 0 saturated carbocycles. The number of carbonyl (C=O) groups is 1. The molecule has 0 saturated heterocycles. The van der Waals surface area contributed by atoms with Gasteiger partial charge in [0.1, 0.15) is 6.10 Å². The van der Waals surface area contributed by atoms with Crippen molar-refractivity contribution in [1.82, 2.24) is 4.72 Å². The Morgan fingerprint density at radius 2 is 2.00 bits per heavy atom. The number of aliphatic hydroxyl groups excluding tert-OH is 1. The van der Waals surface area contributed by atoms with Crippen molar-refractivity contribution in [2.45, 2.75) is 24.8 Å². The molecule has 0 radical (unpaired) electrons. The fraction of sp³-hybridized carbons (Fsp3) is 0.364. The van der Waals surface area contributed by atoms with Gasteiger partial charge in [-0.05, 0) is 37.1 Å². The molecular weight excluding hydrogens is 270 g/mol. The monoisotopic (exact) mass is 287 g/mol. The SMILES string of the molecule is Cc1cc(N)cc(S(=O)(=O)NCC(O)C(N)=O)c1C. The van der Waals surface area contributed by atoms with Gasteiger partial charge in [-0.2, -0.15) is 0 Å². The topological polar surface area (TPSA) is 136 Å². The summed E-state index contributed by atoms with van der Waals surface area (Å²) in [6, 6.07) is 2.98. The summed E-state index contributed by atoms with van der Waals surface area (Å²) in [6.45, 7) is 2.90. The molecule has 0 aliphatic carbocycles. The Bertz CT molecular complexity index is 598. The van der Waals surface area contributed by atoms with Gasteiger partial charge in [0.25, 0.3) is 0 Å². The summed E-state index contributed by atoms with van der Waals surface area (Å²) in [4.78, 5) is 10.7. The van der Waals surface area contributed by atoms with Gasteiger partial charge in [0.2, 0.25) is 15.9 Å². The third kappa shape index (κ3) is 3.66. The van der Waals surface area contributed by atoms with E-state index in [0.717, 1.165) is 5.56 Å². The number of amides is 1. The number of nitrogen functional groups attached to an aromatic ring is 1. The molecule has 1 aromatic carbocycles. The van der Waals surface area contributed by atoms with Gasteiger partial charge in [0, 0.05) is 12.2 Å². The first-order valence-electron chi connectivity index (χ1n) is 5.49. The van der Waals surface area contributed by atoms with Crippen molar-refractivity contribution in [2.24, 2.45) is 5.73 Å². The highest BCUT2D eigenvalue weighted by atomic mass is 32.2. The van der Waals surface area contributed by atoms with Crippen LogP contribution < -0.4 is 16.2 Å². The zero-order chi connectivity index (χ0) is 14.8. The molecule has 6 N–H and O–H groups in total. The molecule has 106 valence electrons. The number of carbonyl (C=O) groups excluding carboxylic acids is 1. The lowest BCUT2D eigenvalue weighted by atomic mass is 10.1. The van der Waals surface area contributed by atoms with E-state index in [4.69, 9.17) is 11.5 Å². The summed E-state index contributed by atoms with van der Waals surface area (Å²) in [5, 5.41) is 9.19. The maximum absolute atomic E-state index is 12.1. The molecule has 1 amide bonds. The van der Waals surface area contributed by atoms with Gasteiger partial charge in [-0.25, -0.2) is 13.1 Å². The minimum absolute atomic E-state index is 0.0154. The van der Waals surface area contributed by atoms with E-state index in [1.165, 1.54) is 6.07 Å². The number of aryl methyl sites for hydroxylation is 1. The number of primary amides is 1. The van der Waals surface area contributed by atoms with Gasteiger partial charge in [0.05, 0.1) is 4.90 Å². The molecule has 7 nitrogen and oxygen atoms in total. The predicted octanol–water partition coefficient (Wildman–Crippen LogP) is -0.990. The maximum Gasteiger partial charge on any atom is 0.247 e. The quantitative estimate of drug-likeness (QED) is 0.516. The fourth-order valence-electron chi connectivity index (χ4n) is 1.50. The summed E-state index contributed by atoms with van der Waals surface area (Å²) < 4.78 is 26.2. The van der Waals surface area contributed by atoms with Gasteiger partial charge < -0.3 is 16.6 Å². The van der Waals surface area contributed by atoms with E-state index in [9.17, 15) is 18.3 Å². The number of benzene rings is 1. The van der Waals surface area contributed by atoms with Crippen molar-refractivity contribution >= 4 is 21.6 Å². The highest BCUT2D eigenvalue weighted by molar-refractivity contribution is 7.89. The molecule has 19 heavy (non-hydrogen) atoms. The van der Waals surface area contributed by atoms with Crippen LogP contribution in [-0.2, 0) is 14.8 Å². The second-order valence-corrected chi connectivity index (χ2v) is 5.97. The van der Waals surface area contributed by atoms with E-state index in [2.05, 4.69) is 4.72 Å². The van der Waals surface area contributed by atoms with Crippen molar-refractivity contribution in [2.75, 3.05) is 12.3 Å². The highest BCUT2D eigenvalue weighted by Crippen LogP contribution is 2.22. The predicted molar refractivity (Wildman–Crippen MR) is 70.7 cm³/mol. The van der Waals surface area contributed by atoms with Gasteiger partial charge in [-0.3, -0.25) is 4.79 Å². The molecule has 0 aliphatic rings. The van der Waals surface area contributed by atoms with Crippen LogP contribution in [0, 0.1) is 13.8 Å². The summed E-state index contributed by atoms with van der Waals surface area (Å²) in [6.07, 6.45) is -1.57. The number of anilines is 1. The Hall–Kier alpha value is -1.64. The summed E-state index contributed by atoms with van der Waals surface area (Å²) >= 11 is 0. The van der Waals surface area contributed by atoms with Crippen LogP contribution in [0.1, 0.15) is 11.1 Å². The van der Waals surface area contributed by atoms with Crippen LogP contribution in [0.25, 0.3) is 0 Å². The Morgan fingerprint density at radius 1 is 1.42 bits per heavy atom. The van der Waals surface area contributed by atoms with E-state index in [1.807, 2.05) is 0 Å². The van der Waals surface area contributed by atoms with Crippen LogP contribution >= 0.6 is 0 Å². The number of sulfonamides is 1. The Kier molecular flexibility index (Phi) is 4.51. The second-order valence-electron chi connectivity index (χ2n) is 4.23. The van der Waals surface area contributed by atoms with Crippen molar-refractivity contribution < 1.29 is 18.3 Å². The van der Waals surface area contributed by atoms with Gasteiger partial charge >= 0.3 is 0 Å². The van der Waals surface area contributed by atoms with E-state index >= 15 is 0 Å². The lowest BCUT2D eigenvalue weighted by molar-refractivity contribution is -0.125. The Balaban J connectivity index is 3.05. The molecule has 0 bridgehead atoms. The number of hydrogen-bond acceptors (Lipinski definition) is 5. The molecular formula is C11H17N3O4S. The van der Waals surface area contributed by atoms with E-state index in [1.54, 1.807) is 19.9 Å². The van der Waals surface area contributed by atoms with Crippen LogP contribution in [0.2, 0.25) is 0 Å². The van der Waals surface area contributed by atoms with Crippen molar-refractivity contribution in [3.05, 3.63) is 23.3 Å². The fourth-order valence-corrected chi connectivity index (χ4v) is 2.89. The molecule has 0 aliphatic heterocycles. The summed E-state index contributed by atoms with van der Waals surface area (Å²) in [5.41, 5.74) is 12.1. The van der Waals surface area contributed by atoms with Crippen LogP contribution in [0.3, 0.4) is 0 Å². The third-order valence-corrected chi connectivity index (χ3v) is 4.28. The van der Waals surface area contributed by atoms with Crippen LogP contribution in [-0.4, -0.2) is 32.1 Å². The lowest BCUT2D eigenvalue weighted by Crippen LogP contribution is -2.40. The largest absolute Gasteiger partial charge is 0.399 e. The minimum Gasteiger partial charge on any atom is -0.399 e. The number of nitrogens with one attached hydrogen (secondary N) is 1. The lowest BCUT2D eigenvalue weighted by Gasteiger charge is -2.13. The summed E-state index contributed by atoms with van der Waals surface area (Å²) in [5.74, 6) is -0.997. The minimum atomic E-state index is -3.86. The van der Waals surface area contributed by atoms with Gasteiger partial charge in [-0.15, -0.1) is 0 Å². The average molecular weight is 287 g/mol. The maximum atomic E-state index is 12.1. The average Bonchev–Trinajstić information content (AvgIpc) is 2.30. The number of nitrogens with two attached hydrogens (primary N) is 2.